The van der Waals surface area contributed by atoms with Crippen molar-refractivity contribution in [1.82, 2.24) is 123 Å². The first-order chi connectivity index (χ1) is 65.5. The van der Waals surface area contributed by atoms with Crippen LogP contribution in [0, 0.1) is 35.5 Å². The molecule has 718 valence electrons. The molecule has 135 heavy (non-hydrogen) atoms. The number of rotatable bonds is 20. The van der Waals surface area contributed by atoms with E-state index in [1.54, 1.807) is 47.9 Å². The summed E-state index contributed by atoms with van der Waals surface area (Å²) in [4.78, 5) is 123. The van der Waals surface area contributed by atoms with Gasteiger partial charge in [-0.25, -0.2) is 58.0 Å². The van der Waals surface area contributed by atoms with Crippen molar-refractivity contribution in [2.45, 2.75) is 309 Å². The molecule has 36 heteroatoms. The molecule has 22 rings (SSSR count). The number of pyridine rings is 1. The summed E-state index contributed by atoms with van der Waals surface area (Å²) < 4.78 is 61.4. The van der Waals surface area contributed by atoms with Crippen LogP contribution < -0.4 is 33.4 Å². The number of hydrogen-bond donors (Lipinski definition) is 6. The Balaban J connectivity index is 0.000000113. The van der Waals surface area contributed by atoms with E-state index in [-0.39, 0.29) is 57.9 Å². The monoisotopic (exact) mass is 1850 g/mol. The number of aromatic amines is 6. The summed E-state index contributed by atoms with van der Waals surface area (Å²) in [6.45, 7) is 15.9. The van der Waals surface area contributed by atoms with Gasteiger partial charge in [-0.15, -0.1) is 0 Å². The van der Waals surface area contributed by atoms with Gasteiger partial charge in [-0.2, -0.15) is 43.8 Å². The Hall–Kier alpha value is -11.8. The molecule has 0 spiro atoms. The predicted molar refractivity (Wildman–Crippen MR) is 510 cm³/mol. The summed E-state index contributed by atoms with van der Waals surface area (Å²) in [7, 11) is 0. The molecule has 0 bridgehead atoms. The lowest BCUT2D eigenvalue weighted by atomic mass is 9.83. The van der Waals surface area contributed by atoms with Crippen molar-refractivity contribution in [3.8, 4) is 0 Å². The lowest BCUT2D eigenvalue weighted by Gasteiger charge is -2.29. The van der Waals surface area contributed by atoms with E-state index in [0.717, 1.165) is 200 Å². The minimum Gasteiger partial charge on any atom is -0.381 e. The molecule has 2 aliphatic heterocycles. The Morgan fingerprint density at radius 1 is 0.385 bits per heavy atom. The molecule has 0 amide bonds. The third-order valence-corrected chi connectivity index (χ3v) is 28.7. The van der Waals surface area contributed by atoms with E-state index < -0.39 is 11.7 Å². The number of alkyl halides is 3. The highest BCUT2D eigenvalue weighted by atomic mass is 19.4. The van der Waals surface area contributed by atoms with E-state index >= 15 is 0 Å². The molecule has 6 aliphatic carbocycles. The van der Waals surface area contributed by atoms with Gasteiger partial charge in [0.1, 0.15) is 67.3 Å². The van der Waals surface area contributed by atoms with Crippen molar-refractivity contribution < 1.29 is 22.6 Å². The smallest absolute Gasteiger partial charge is 0.381 e. The Bertz CT molecular complexity index is 6710. The predicted octanol–water partition coefficient (Wildman–Crippen LogP) is 17.0. The van der Waals surface area contributed by atoms with Crippen LogP contribution in [0.2, 0.25) is 0 Å². The highest BCUT2D eigenvalue weighted by Crippen LogP contribution is 2.38. The highest BCUT2D eigenvalue weighted by Gasteiger charge is 2.34. The van der Waals surface area contributed by atoms with Crippen molar-refractivity contribution in [3.63, 3.8) is 0 Å². The molecule has 0 radical (unpaired) electrons. The van der Waals surface area contributed by atoms with Crippen molar-refractivity contribution in [3.05, 3.63) is 200 Å². The van der Waals surface area contributed by atoms with Gasteiger partial charge >= 0.3 is 6.18 Å². The van der Waals surface area contributed by atoms with Gasteiger partial charge < -0.3 is 39.4 Å². The molecule has 4 atom stereocenters. The number of halogens is 3. The summed E-state index contributed by atoms with van der Waals surface area (Å²) in [5.74, 6) is 7.32. The molecule has 1 aromatic carbocycles. The lowest BCUT2D eigenvalue weighted by molar-refractivity contribution is -0.137. The molecule has 14 aromatic rings. The van der Waals surface area contributed by atoms with E-state index in [2.05, 4.69) is 122 Å². The second-order valence-electron chi connectivity index (χ2n) is 39.0. The van der Waals surface area contributed by atoms with Gasteiger partial charge in [-0.3, -0.25) is 33.8 Å². The van der Waals surface area contributed by atoms with Gasteiger partial charge in [0.25, 0.3) is 33.4 Å². The first kappa shape index (κ1) is 94.9. The SMILES string of the molecule is CC(C)Cc1nc2c(cnn2C2CCOCC2C)c(=O)[nH]1.CC1COCCC1n1ncc2c(=O)[nH]c(CC3CCCC3)nc21.CCC(CC)Cc1nc2c(cnn2C2CCCCC2)c(=O)[nH]1.O=c1[nH]c(CC2CCC2)nc2c1cnn2C1CCCC1.O=c1[nH]c(Cc2cccc(C(F)(F)F)c2)nc2c1cnn2C1CCCCC1.O=c1[nH]c(Cc2ccccn2)nc2c1cnn2C1CCCC1. The fourth-order valence-electron chi connectivity index (χ4n) is 20.8. The van der Waals surface area contributed by atoms with E-state index in [4.69, 9.17) is 24.4 Å². The molecule has 2 saturated heterocycles. The Kier molecular flexibility index (Phi) is 30.6. The summed E-state index contributed by atoms with van der Waals surface area (Å²) in [6.07, 6.45) is 45.1. The van der Waals surface area contributed by atoms with Crippen molar-refractivity contribution in [2.75, 3.05) is 26.4 Å². The van der Waals surface area contributed by atoms with Crippen LogP contribution in [0.5, 0.6) is 0 Å². The Labute approximate surface area is 778 Å². The van der Waals surface area contributed by atoms with Crippen molar-refractivity contribution >= 4 is 66.2 Å². The van der Waals surface area contributed by atoms with E-state index in [0.29, 0.717) is 127 Å². The van der Waals surface area contributed by atoms with Crippen LogP contribution >= 0.6 is 0 Å². The summed E-state index contributed by atoms with van der Waals surface area (Å²) in [5.41, 5.74) is 4.14. The molecular formula is C99H128F3N25O8. The normalized spacial score (nSPS) is 19.6. The molecule has 6 N–H and O–H groups in total. The third-order valence-electron chi connectivity index (χ3n) is 28.7. The van der Waals surface area contributed by atoms with Crippen molar-refractivity contribution in [2.24, 2.45) is 35.5 Å². The van der Waals surface area contributed by atoms with Gasteiger partial charge in [-0.1, -0.05) is 188 Å². The summed E-state index contributed by atoms with van der Waals surface area (Å²) >= 11 is 0. The Morgan fingerprint density at radius 3 is 1.09 bits per heavy atom. The second-order valence-corrected chi connectivity index (χ2v) is 39.0. The number of nitrogens with zero attached hydrogens (tertiary/aromatic N) is 19. The van der Waals surface area contributed by atoms with Gasteiger partial charge in [0.05, 0.1) is 92.2 Å². The average Bonchev–Trinajstić information content (AvgIpc) is 1.65. The zero-order valence-electron chi connectivity index (χ0n) is 78.5. The first-order valence-corrected chi connectivity index (χ1v) is 49.5. The number of hydrogen-bond acceptors (Lipinski definition) is 21. The fraction of sp³-hybridized carbons (Fsp3) is 0.586. The zero-order chi connectivity index (χ0) is 93.8. The zero-order valence-corrected chi connectivity index (χ0v) is 78.5. The molecule has 8 aliphatic rings. The number of H-pyrrole nitrogens is 6. The number of ether oxygens (including phenoxy) is 2. The molecule has 8 fully saturated rings. The first-order valence-electron chi connectivity index (χ1n) is 49.5. The average molecular weight is 1850 g/mol. The number of nitrogens with one attached hydrogen (secondary N) is 6. The molecule has 33 nitrogen and oxygen atoms in total. The number of benzene rings is 1. The van der Waals surface area contributed by atoms with Gasteiger partial charge in [0, 0.05) is 75.5 Å². The van der Waals surface area contributed by atoms with Crippen molar-refractivity contribution in [1.29, 1.82) is 0 Å². The van der Waals surface area contributed by atoms with Crippen LogP contribution in [-0.4, -0.2) is 150 Å². The summed E-state index contributed by atoms with van der Waals surface area (Å²) in [5, 5.41) is 30.0. The maximum Gasteiger partial charge on any atom is 0.416 e. The largest absolute Gasteiger partial charge is 0.416 e. The van der Waals surface area contributed by atoms with Crippen LogP contribution in [0.1, 0.15) is 316 Å². The van der Waals surface area contributed by atoms with E-state index in [1.807, 2.05) is 41.6 Å². The molecule has 13 aromatic heterocycles. The van der Waals surface area contributed by atoms with Gasteiger partial charge in [0.2, 0.25) is 0 Å². The molecule has 15 heterocycles. The standard InChI is InChI=1S/C19H19F3N4O.C17H24N4O2.C17H26N4O.C16H17N5O.C15H22N4O2.C15H20N4O/c20-19(21,22)13-6-4-5-12(9-13)10-16-24-17-15(18(27)25-16)11-23-26(17)14-7-2-1-3-8-14;1-11-10-23-7-6-14(11)21-16-13(9-18-21)17(22)20-15(19-16)8-12-4-2-3-5-12;1-3-12(4-2)10-15-19-16-14(17(22)20-15)11-18-21(16)13-8-6-5-7-9-13;22-16-13-10-18-21(12-6-1-2-7-12)15(13)19-14(20-16)9-11-5-3-4-8-17-11;1-9(2)6-13-17-14-11(15(20)18-13)7-16-19(14)12-4-5-21-8-10(12)3;20-15-12-9-16-19(11-6-1-2-7-11)14(12)17-13(18-15)8-10-4-3-5-10/h4-6,9,11,14H,1-3,7-8,10H2,(H,24,25,27);9,11-12,14H,2-8,10H2,1H3,(H,19,20,22);11-13H,3-10H2,1-2H3,(H,19,20,22);3-5,8,10,12H,1-2,6-7,9H2,(H,19,20,22);7,9-10,12H,4-6,8H2,1-3H3,(H,17,18,20);9-11H,1-8H2,(H,17,18,20). The number of aromatic nitrogens is 25. The van der Waals surface area contributed by atoms with E-state index in [9.17, 15) is 41.9 Å². The molecule has 4 unspecified atom stereocenters. The van der Waals surface area contributed by atoms with Crippen LogP contribution in [0.25, 0.3) is 66.2 Å². The number of fused-ring (bicyclic) bond motifs is 6. The molecule has 6 saturated carbocycles. The third kappa shape index (κ3) is 22.6. The van der Waals surface area contributed by atoms with Crippen LogP contribution in [0.4, 0.5) is 13.2 Å². The topological polar surface area (TPSA) is 413 Å². The fourth-order valence-corrected chi connectivity index (χ4v) is 20.8. The van der Waals surface area contributed by atoms with Gasteiger partial charge in [0.15, 0.2) is 33.9 Å². The minimum atomic E-state index is -4.40. The molecular weight excluding hydrogens is 1720 g/mol. The summed E-state index contributed by atoms with van der Waals surface area (Å²) in [6, 6.07) is 12.7. The quantitative estimate of drug-likeness (QED) is 0.0413. The lowest BCUT2D eigenvalue weighted by Crippen LogP contribution is -2.29. The Morgan fingerprint density at radius 2 is 0.726 bits per heavy atom. The van der Waals surface area contributed by atoms with Crippen LogP contribution in [-0.2, 0) is 54.2 Å². The highest BCUT2D eigenvalue weighted by molar-refractivity contribution is 5.77. The maximum absolute atomic E-state index is 12.9. The maximum atomic E-state index is 12.9. The van der Waals surface area contributed by atoms with Crippen LogP contribution in [0.3, 0.4) is 0 Å². The van der Waals surface area contributed by atoms with E-state index in [1.165, 1.54) is 109 Å². The minimum absolute atomic E-state index is 0.0337. The second kappa shape index (κ2) is 43.5. The van der Waals surface area contributed by atoms with Crippen LogP contribution in [0.15, 0.2) is 115 Å². The van der Waals surface area contributed by atoms with Gasteiger partial charge in [-0.05, 0) is 112 Å².